The van der Waals surface area contributed by atoms with E-state index >= 15 is 0 Å². The van der Waals surface area contributed by atoms with E-state index in [0.717, 1.165) is 34.3 Å². The largest absolute Gasteiger partial charge is 0.464 e. The first-order chi connectivity index (χ1) is 14.0. The van der Waals surface area contributed by atoms with Crippen LogP contribution in [0, 0.1) is 0 Å². The topological polar surface area (TPSA) is 66.9 Å². The Morgan fingerprint density at radius 1 is 1.40 bits per heavy atom. The van der Waals surface area contributed by atoms with Crippen molar-refractivity contribution in [2.75, 3.05) is 18.6 Å². The van der Waals surface area contributed by atoms with Crippen LogP contribution in [0.2, 0.25) is 5.02 Å². The summed E-state index contributed by atoms with van der Waals surface area (Å²) < 4.78 is 4.95. The fourth-order valence-electron chi connectivity index (χ4n) is 4.04. The van der Waals surface area contributed by atoms with E-state index in [0.29, 0.717) is 16.5 Å². The van der Waals surface area contributed by atoms with Crippen LogP contribution in [0.3, 0.4) is 0 Å². The van der Waals surface area contributed by atoms with Gasteiger partial charge in [0.25, 0.3) is 11.1 Å². The monoisotopic (exact) mass is 450 g/mol. The van der Waals surface area contributed by atoms with Gasteiger partial charge in [-0.05, 0) is 81.1 Å². The molecule has 0 radical (unpaired) electrons. The van der Waals surface area contributed by atoms with E-state index in [-0.39, 0.29) is 17.1 Å². The van der Waals surface area contributed by atoms with Crippen LogP contribution >= 0.6 is 23.4 Å². The second-order valence-corrected chi connectivity index (χ2v) is 9.79. The lowest BCUT2D eigenvalue weighted by Gasteiger charge is -2.45. The summed E-state index contributed by atoms with van der Waals surface area (Å²) in [5.41, 5.74) is 2.93. The van der Waals surface area contributed by atoms with Gasteiger partial charge in [-0.15, -0.1) is 0 Å². The fourth-order valence-corrected chi connectivity index (χ4v) is 5.15. The quantitative estimate of drug-likeness (QED) is 0.472. The van der Waals surface area contributed by atoms with Crippen molar-refractivity contribution in [3.05, 3.63) is 33.2 Å². The van der Waals surface area contributed by atoms with E-state index in [2.05, 4.69) is 32.7 Å². The van der Waals surface area contributed by atoms with Gasteiger partial charge < -0.3 is 9.64 Å². The third-order valence-electron chi connectivity index (χ3n) is 5.88. The molecule has 1 saturated heterocycles. The van der Waals surface area contributed by atoms with E-state index in [9.17, 15) is 14.4 Å². The zero-order chi connectivity index (χ0) is 22.4. The van der Waals surface area contributed by atoms with E-state index in [1.54, 1.807) is 13.0 Å². The SMILES string of the molecule is CCOC(=O)C(C)N1C(=O)S/C(=C/c2cc3c(cc2Cl)N(C)C(C)(C)CC3C)C1=O. The molecule has 2 unspecified atom stereocenters. The van der Waals surface area contributed by atoms with E-state index in [1.807, 2.05) is 12.1 Å². The zero-order valence-corrected chi connectivity index (χ0v) is 19.7. The third-order valence-corrected chi connectivity index (χ3v) is 7.09. The lowest BCUT2D eigenvalue weighted by atomic mass is 9.80. The van der Waals surface area contributed by atoms with Crippen molar-refractivity contribution in [2.24, 2.45) is 0 Å². The maximum Gasteiger partial charge on any atom is 0.329 e. The van der Waals surface area contributed by atoms with Gasteiger partial charge in [-0.2, -0.15) is 0 Å². The summed E-state index contributed by atoms with van der Waals surface area (Å²) in [5.74, 6) is -0.785. The molecule has 162 valence electrons. The minimum Gasteiger partial charge on any atom is -0.464 e. The van der Waals surface area contributed by atoms with Crippen molar-refractivity contribution in [1.29, 1.82) is 0 Å². The number of hydrogen-bond acceptors (Lipinski definition) is 6. The maximum atomic E-state index is 12.8. The molecule has 0 bridgehead atoms. The van der Waals surface area contributed by atoms with Crippen LogP contribution in [-0.4, -0.2) is 47.3 Å². The molecule has 2 amide bonds. The Kier molecular flexibility index (Phi) is 6.25. The molecule has 2 aliphatic rings. The number of nitrogens with zero attached hydrogens (tertiary/aromatic N) is 2. The molecular formula is C22H27ClN2O4S. The van der Waals surface area contributed by atoms with Crippen LogP contribution in [0.15, 0.2) is 17.0 Å². The lowest BCUT2D eigenvalue weighted by molar-refractivity contribution is -0.150. The molecule has 30 heavy (non-hydrogen) atoms. The van der Waals surface area contributed by atoms with Gasteiger partial charge in [-0.3, -0.25) is 14.5 Å². The molecule has 0 aliphatic carbocycles. The van der Waals surface area contributed by atoms with Crippen molar-refractivity contribution >= 4 is 52.2 Å². The highest BCUT2D eigenvalue weighted by Crippen LogP contribution is 2.45. The summed E-state index contributed by atoms with van der Waals surface area (Å²) in [6.07, 6.45) is 2.63. The number of esters is 1. The lowest BCUT2D eigenvalue weighted by Crippen LogP contribution is -2.45. The molecule has 1 aromatic carbocycles. The van der Waals surface area contributed by atoms with E-state index < -0.39 is 23.2 Å². The van der Waals surface area contributed by atoms with Gasteiger partial charge in [0.15, 0.2) is 0 Å². The smallest absolute Gasteiger partial charge is 0.329 e. The molecule has 0 saturated carbocycles. The summed E-state index contributed by atoms with van der Waals surface area (Å²) >= 11 is 7.37. The summed E-state index contributed by atoms with van der Waals surface area (Å²) in [4.78, 5) is 40.6. The molecule has 3 rings (SSSR count). The fraction of sp³-hybridized carbons (Fsp3) is 0.500. The highest BCUT2D eigenvalue weighted by Gasteiger charge is 2.41. The molecule has 0 spiro atoms. The maximum absolute atomic E-state index is 12.8. The molecule has 0 N–H and O–H groups in total. The summed E-state index contributed by atoms with van der Waals surface area (Å²) in [6, 6.07) is 2.95. The Balaban J connectivity index is 1.95. The van der Waals surface area contributed by atoms with Crippen molar-refractivity contribution in [2.45, 2.75) is 58.5 Å². The Morgan fingerprint density at radius 2 is 2.07 bits per heavy atom. The molecule has 6 nitrogen and oxygen atoms in total. The van der Waals surface area contributed by atoms with Crippen molar-refractivity contribution in [3.8, 4) is 0 Å². The molecule has 2 aliphatic heterocycles. The van der Waals surface area contributed by atoms with Crippen molar-refractivity contribution in [3.63, 3.8) is 0 Å². The Bertz CT molecular complexity index is 943. The predicted octanol–water partition coefficient (Wildman–Crippen LogP) is 5.05. The number of imide groups is 1. The number of rotatable bonds is 4. The average Bonchev–Trinajstić information content (AvgIpc) is 2.93. The number of hydrogen-bond donors (Lipinski definition) is 0. The van der Waals surface area contributed by atoms with Crippen LogP contribution in [0.5, 0.6) is 0 Å². The number of carbonyl (C=O) groups excluding carboxylic acids is 3. The number of halogens is 1. The highest BCUT2D eigenvalue weighted by atomic mass is 35.5. The first-order valence-corrected chi connectivity index (χ1v) is 11.2. The molecule has 2 atom stereocenters. The second-order valence-electron chi connectivity index (χ2n) is 8.39. The van der Waals surface area contributed by atoms with Crippen molar-refractivity contribution in [1.82, 2.24) is 4.90 Å². The summed E-state index contributed by atoms with van der Waals surface area (Å²) in [7, 11) is 2.06. The first kappa shape index (κ1) is 22.7. The second kappa shape index (κ2) is 8.27. The van der Waals surface area contributed by atoms with Gasteiger partial charge in [-0.25, -0.2) is 4.79 Å². The summed E-state index contributed by atoms with van der Waals surface area (Å²) in [6.45, 7) is 9.94. The molecule has 1 fully saturated rings. The minimum absolute atomic E-state index is 0.0170. The van der Waals surface area contributed by atoms with Crippen LogP contribution in [0.1, 0.15) is 58.1 Å². The molecule has 0 aromatic heterocycles. The van der Waals surface area contributed by atoms with Gasteiger partial charge in [0.2, 0.25) is 0 Å². The van der Waals surface area contributed by atoms with Gasteiger partial charge in [0, 0.05) is 23.3 Å². The standard InChI is InChI=1S/C22H27ClN2O4S/c1-7-29-20(27)13(3)25-19(26)18(30-21(25)28)9-14-8-15-12(2)11-22(4,5)24(6)17(15)10-16(14)23/h8-10,12-13H,7,11H2,1-6H3/b18-9+. The number of fused-ring (bicyclic) bond motifs is 1. The molecule has 2 heterocycles. The Hall–Kier alpha value is -1.99. The normalized spacial score (nSPS) is 23.0. The number of anilines is 1. The number of amides is 2. The molecule has 1 aromatic rings. The van der Waals surface area contributed by atoms with Gasteiger partial charge in [-0.1, -0.05) is 18.5 Å². The first-order valence-electron chi connectivity index (χ1n) is 9.99. The Morgan fingerprint density at radius 3 is 2.70 bits per heavy atom. The Labute approximate surface area is 186 Å². The number of ether oxygens (including phenoxy) is 1. The van der Waals surface area contributed by atoms with Gasteiger partial charge >= 0.3 is 5.97 Å². The van der Waals surface area contributed by atoms with Crippen molar-refractivity contribution < 1.29 is 19.1 Å². The highest BCUT2D eigenvalue weighted by molar-refractivity contribution is 8.18. The molecular weight excluding hydrogens is 424 g/mol. The van der Waals surface area contributed by atoms with Gasteiger partial charge in [0.05, 0.1) is 11.5 Å². The number of benzene rings is 1. The average molecular weight is 451 g/mol. The zero-order valence-electron chi connectivity index (χ0n) is 18.1. The van der Waals surface area contributed by atoms with Crippen LogP contribution in [0.25, 0.3) is 6.08 Å². The molecule has 8 heteroatoms. The van der Waals surface area contributed by atoms with Crippen LogP contribution in [-0.2, 0) is 14.3 Å². The van der Waals surface area contributed by atoms with Crippen LogP contribution in [0.4, 0.5) is 10.5 Å². The van der Waals surface area contributed by atoms with E-state index in [4.69, 9.17) is 16.3 Å². The number of thioether (sulfide) groups is 1. The number of carbonyl (C=O) groups is 3. The van der Waals surface area contributed by atoms with E-state index in [1.165, 1.54) is 6.92 Å². The van der Waals surface area contributed by atoms with Crippen LogP contribution < -0.4 is 4.90 Å². The minimum atomic E-state index is -0.974. The van der Waals surface area contributed by atoms with Gasteiger partial charge in [0.1, 0.15) is 6.04 Å². The third kappa shape index (κ3) is 3.97. The predicted molar refractivity (Wildman–Crippen MR) is 121 cm³/mol. The summed E-state index contributed by atoms with van der Waals surface area (Å²) in [5, 5.41) is 0.0199.